The molecule has 0 saturated heterocycles. The van der Waals surface area contributed by atoms with Gasteiger partial charge in [0.05, 0.1) is 6.42 Å². The second-order valence-corrected chi connectivity index (χ2v) is 3.70. The fourth-order valence-electron chi connectivity index (χ4n) is 1.09. The van der Waals surface area contributed by atoms with Crippen LogP contribution in [0.4, 0.5) is 0 Å². The van der Waals surface area contributed by atoms with Gasteiger partial charge >= 0.3 is 5.97 Å². The summed E-state index contributed by atoms with van der Waals surface area (Å²) in [4.78, 5) is 10.4. The van der Waals surface area contributed by atoms with E-state index in [0.717, 1.165) is 5.56 Å². The highest BCUT2D eigenvalue weighted by Gasteiger charge is 1.99. The molecule has 0 bridgehead atoms. The Morgan fingerprint density at radius 1 is 1.33 bits per heavy atom. The van der Waals surface area contributed by atoms with Gasteiger partial charge < -0.3 is 9.66 Å². The molecule has 15 heavy (non-hydrogen) atoms. The number of benzene rings is 1. The van der Waals surface area contributed by atoms with Crippen molar-refractivity contribution in [3.63, 3.8) is 0 Å². The molecule has 0 spiro atoms. The number of aliphatic carboxylic acids is 1. The lowest BCUT2D eigenvalue weighted by molar-refractivity contribution is -0.136. The minimum absolute atomic E-state index is 0.0266. The van der Waals surface area contributed by atoms with Gasteiger partial charge in [-0.3, -0.25) is 9.00 Å². The number of nitrogens with one attached hydrogen (secondary N) is 1. The predicted octanol–water partition coefficient (Wildman–Crippen LogP) is 0.197. The van der Waals surface area contributed by atoms with Gasteiger partial charge in [0.1, 0.15) is 0 Å². The SMILES string of the molecule is O=C(O)Cc1ccc(CNS(=O)[O-])cc1. The summed E-state index contributed by atoms with van der Waals surface area (Å²) < 4.78 is 22.6. The van der Waals surface area contributed by atoms with Crippen molar-refractivity contribution in [2.45, 2.75) is 13.0 Å². The van der Waals surface area contributed by atoms with Gasteiger partial charge in [-0.2, -0.15) is 0 Å². The Balaban J connectivity index is 2.56. The Bertz CT molecular complexity index is 363. The zero-order valence-electron chi connectivity index (χ0n) is 7.80. The molecule has 0 aliphatic heterocycles. The highest BCUT2D eigenvalue weighted by Crippen LogP contribution is 2.05. The third-order valence-corrected chi connectivity index (χ3v) is 2.15. The van der Waals surface area contributed by atoms with Crippen LogP contribution in [0, 0.1) is 0 Å². The molecule has 1 aromatic rings. The van der Waals surface area contributed by atoms with Crippen molar-refractivity contribution in [2.24, 2.45) is 0 Å². The summed E-state index contributed by atoms with van der Waals surface area (Å²) in [5.41, 5.74) is 1.47. The zero-order chi connectivity index (χ0) is 11.3. The molecule has 1 atom stereocenters. The van der Waals surface area contributed by atoms with Gasteiger partial charge in [0.2, 0.25) is 0 Å². The summed E-state index contributed by atoms with van der Waals surface area (Å²) in [6.07, 6.45) is -0.0266. The molecule has 0 aromatic heterocycles. The van der Waals surface area contributed by atoms with E-state index in [1.807, 2.05) is 0 Å². The lowest BCUT2D eigenvalue weighted by Crippen LogP contribution is -2.15. The lowest BCUT2D eigenvalue weighted by Gasteiger charge is -2.07. The molecule has 0 aliphatic carbocycles. The van der Waals surface area contributed by atoms with Crippen LogP contribution in [0.2, 0.25) is 0 Å². The number of hydrogen-bond acceptors (Lipinski definition) is 3. The molecular weight excluding hydrogens is 218 g/mol. The molecule has 2 N–H and O–H groups in total. The fraction of sp³-hybridized carbons (Fsp3) is 0.222. The average Bonchev–Trinajstić information content (AvgIpc) is 2.16. The van der Waals surface area contributed by atoms with E-state index in [2.05, 4.69) is 4.72 Å². The molecule has 0 heterocycles. The standard InChI is InChI=1S/C9H11NO4S/c11-9(12)5-7-1-3-8(4-2-7)6-10-15(13)14/h1-4,10H,5-6H2,(H,11,12)(H,13,14)/p-1. The van der Waals surface area contributed by atoms with Crippen molar-refractivity contribution in [1.29, 1.82) is 0 Å². The van der Waals surface area contributed by atoms with Gasteiger partial charge in [-0.25, -0.2) is 4.72 Å². The Labute approximate surface area is 89.5 Å². The first kappa shape index (κ1) is 11.8. The van der Waals surface area contributed by atoms with Crippen LogP contribution in [0.5, 0.6) is 0 Å². The van der Waals surface area contributed by atoms with Crippen LogP contribution in [0.1, 0.15) is 11.1 Å². The van der Waals surface area contributed by atoms with Gasteiger partial charge in [-0.05, 0) is 11.1 Å². The summed E-state index contributed by atoms with van der Waals surface area (Å²) in [6.45, 7) is 0.212. The molecule has 0 saturated carbocycles. The Morgan fingerprint density at radius 3 is 2.33 bits per heavy atom. The maximum Gasteiger partial charge on any atom is 0.307 e. The van der Waals surface area contributed by atoms with E-state index in [9.17, 15) is 13.6 Å². The monoisotopic (exact) mass is 228 g/mol. The van der Waals surface area contributed by atoms with Gasteiger partial charge in [-0.15, -0.1) is 0 Å². The molecule has 6 heteroatoms. The highest BCUT2D eigenvalue weighted by atomic mass is 32.2. The van der Waals surface area contributed by atoms with Crippen molar-refractivity contribution in [2.75, 3.05) is 0 Å². The summed E-state index contributed by atoms with van der Waals surface area (Å²) in [5, 5.41) is 8.52. The summed E-state index contributed by atoms with van der Waals surface area (Å²) in [7, 11) is 0. The third kappa shape index (κ3) is 4.68. The van der Waals surface area contributed by atoms with Crippen LogP contribution < -0.4 is 4.72 Å². The molecule has 0 aliphatic rings. The molecule has 1 unspecified atom stereocenters. The van der Waals surface area contributed by atoms with E-state index in [0.29, 0.717) is 5.56 Å². The molecule has 0 amide bonds. The van der Waals surface area contributed by atoms with E-state index in [4.69, 9.17) is 5.11 Å². The van der Waals surface area contributed by atoms with Crippen LogP contribution in [0.15, 0.2) is 24.3 Å². The molecule has 82 valence electrons. The largest absolute Gasteiger partial charge is 0.760 e. The lowest BCUT2D eigenvalue weighted by atomic mass is 10.1. The summed E-state index contributed by atoms with van der Waals surface area (Å²) in [6, 6.07) is 6.72. The van der Waals surface area contributed by atoms with Gasteiger partial charge in [-0.1, -0.05) is 24.3 Å². The van der Waals surface area contributed by atoms with Crippen molar-refractivity contribution < 1.29 is 18.7 Å². The topological polar surface area (TPSA) is 89.5 Å². The Morgan fingerprint density at radius 2 is 1.87 bits per heavy atom. The van der Waals surface area contributed by atoms with E-state index in [1.165, 1.54) is 0 Å². The minimum Gasteiger partial charge on any atom is -0.760 e. The van der Waals surface area contributed by atoms with Crippen molar-refractivity contribution in [1.82, 2.24) is 4.72 Å². The van der Waals surface area contributed by atoms with Crippen LogP contribution in [0.25, 0.3) is 0 Å². The maximum atomic E-state index is 10.4. The molecule has 1 rings (SSSR count). The van der Waals surface area contributed by atoms with Crippen LogP contribution in [-0.4, -0.2) is 19.8 Å². The van der Waals surface area contributed by atoms with E-state index in [-0.39, 0.29) is 13.0 Å². The van der Waals surface area contributed by atoms with Crippen molar-refractivity contribution in [3.8, 4) is 0 Å². The van der Waals surface area contributed by atoms with Gasteiger partial charge in [0.15, 0.2) is 0 Å². The van der Waals surface area contributed by atoms with E-state index < -0.39 is 17.2 Å². The first-order chi connectivity index (χ1) is 7.08. The maximum absolute atomic E-state index is 10.4. The Hall–Kier alpha value is -1.24. The van der Waals surface area contributed by atoms with Gasteiger partial charge in [0, 0.05) is 17.8 Å². The van der Waals surface area contributed by atoms with Crippen LogP contribution in [0.3, 0.4) is 0 Å². The minimum atomic E-state index is -2.27. The second-order valence-electron chi connectivity index (χ2n) is 2.94. The number of rotatable bonds is 5. The third-order valence-electron chi connectivity index (χ3n) is 1.77. The highest BCUT2D eigenvalue weighted by molar-refractivity contribution is 7.77. The molecule has 1 aromatic carbocycles. The first-order valence-corrected chi connectivity index (χ1v) is 5.28. The second kappa shape index (κ2) is 5.59. The number of carbonyl (C=O) groups is 1. The molecule has 5 nitrogen and oxygen atoms in total. The Kier molecular flexibility index (Phi) is 4.41. The normalized spacial score (nSPS) is 12.3. The number of carboxylic acids is 1. The smallest absolute Gasteiger partial charge is 0.307 e. The van der Waals surface area contributed by atoms with Crippen LogP contribution in [-0.2, 0) is 29.0 Å². The van der Waals surface area contributed by atoms with Crippen molar-refractivity contribution in [3.05, 3.63) is 35.4 Å². The summed E-state index contributed by atoms with van der Waals surface area (Å²) >= 11 is -2.27. The molecule has 0 fully saturated rings. The molecule has 0 radical (unpaired) electrons. The van der Waals surface area contributed by atoms with Crippen LogP contribution >= 0.6 is 0 Å². The van der Waals surface area contributed by atoms with Crippen molar-refractivity contribution >= 4 is 17.2 Å². The fourth-order valence-corrected chi connectivity index (χ4v) is 1.38. The predicted molar refractivity (Wildman–Crippen MR) is 53.5 cm³/mol. The number of carboxylic acid groups (broad SMARTS) is 1. The molecular formula is C9H10NO4S-. The van der Waals surface area contributed by atoms with E-state index >= 15 is 0 Å². The quantitative estimate of drug-likeness (QED) is 0.704. The zero-order valence-corrected chi connectivity index (χ0v) is 8.62. The average molecular weight is 228 g/mol. The first-order valence-electron chi connectivity index (χ1n) is 4.20. The summed E-state index contributed by atoms with van der Waals surface area (Å²) in [5.74, 6) is -0.887. The number of hydrogen-bond donors (Lipinski definition) is 2. The van der Waals surface area contributed by atoms with Gasteiger partial charge in [0.25, 0.3) is 0 Å². The van der Waals surface area contributed by atoms with E-state index in [1.54, 1.807) is 24.3 Å².